The number of carbonyl (C=O) groups excluding carboxylic acids is 1. The van der Waals surface area contributed by atoms with Crippen molar-refractivity contribution in [2.75, 3.05) is 25.3 Å². The third-order valence-corrected chi connectivity index (χ3v) is 9.13. The van der Waals surface area contributed by atoms with Gasteiger partial charge in [0.05, 0.1) is 24.2 Å². The number of fused-ring (bicyclic) bond motifs is 1. The molecule has 5 rings (SSSR count). The molecule has 238 valence electrons. The standard InChI is InChI=1S/C29H29F3N2O8S.4H2/c1-17-3-6-20(33-26(37)28(9-10-28)19-5-7-22-23(12-19)41-16-40-22)13-21(17)18-4-8-25(24(11-18)42-29(30,31)32)43(38,39)34-27(2,14-35)15-36;;;;/h3-8,11-13,34-36H,9-10,14-16H2,1-2H3,(H,33,37);4*1H. The highest BCUT2D eigenvalue weighted by molar-refractivity contribution is 7.89. The molecule has 1 saturated carbocycles. The van der Waals surface area contributed by atoms with Crippen LogP contribution >= 0.6 is 0 Å². The molecule has 0 unspecified atom stereocenters. The highest BCUT2D eigenvalue weighted by Crippen LogP contribution is 2.51. The van der Waals surface area contributed by atoms with Crippen molar-refractivity contribution in [1.82, 2.24) is 4.72 Å². The van der Waals surface area contributed by atoms with Crippen molar-refractivity contribution in [3.63, 3.8) is 0 Å². The lowest BCUT2D eigenvalue weighted by molar-refractivity contribution is -0.275. The minimum Gasteiger partial charge on any atom is -0.454 e. The largest absolute Gasteiger partial charge is 0.573 e. The summed E-state index contributed by atoms with van der Waals surface area (Å²) in [5.74, 6) is -0.110. The first-order valence-electron chi connectivity index (χ1n) is 13.2. The fraction of sp³-hybridized carbons (Fsp3) is 0.345. The number of benzene rings is 3. The molecule has 0 aromatic heterocycles. The molecule has 0 spiro atoms. The number of halogens is 3. The maximum Gasteiger partial charge on any atom is 0.573 e. The van der Waals surface area contributed by atoms with Crippen molar-refractivity contribution < 1.29 is 56.5 Å². The predicted molar refractivity (Wildman–Crippen MR) is 157 cm³/mol. The number of amides is 1. The van der Waals surface area contributed by atoms with Crippen LogP contribution in [0, 0.1) is 6.92 Å². The van der Waals surface area contributed by atoms with Crippen molar-refractivity contribution in [2.24, 2.45) is 0 Å². The number of hydrogen-bond donors (Lipinski definition) is 4. The summed E-state index contributed by atoms with van der Waals surface area (Å²) in [4.78, 5) is 12.6. The van der Waals surface area contributed by atoms with Crippen LogP contribution in [-0.4, -0.2) is 56.4 Å². The van der Waals surface area contributed by atoms with Gasteiger partial charge < -0.3 is 29.7 Å². The van der Waals surface area contributed by atoms with Crippen LogP contribution in [0.2, 0.25) is 0 Å². The zero-order chi connectivity index (χ0) is 31.2. The van der Waals surface area contributed by atoms with E-state index in [1.807, 2.05) is 10.8 Å². The first-order chi connectivity index (χ1) is 20.2. The second-order valence-electron chi connectivity index (χ2n) is 10.8. The number of anilines is 1. The molecule has 14 heteroatoms. The maximum atomic E-state index is 13.4. The van der Waals surface area contributed by atoms with E-state index in [2.05, 4.69) is 10.1 Å². The average Bonchev–Trinajstić information content (AvgIpc) is 3.63. The lowest BCUT2D eigenvalue weighted by atomic mass is 9.94. The SMILES string of the molecule is Cc1ccc(NC(=O)C2(c3ccc4c(c3)OCO4)CC2)cc1-c1ccc(S(=O)(=O)NC(C)(CO)CO)c(OC(F)(F)F)c1.[HH].[HH].[HH].[HH]. The molecule has 1 aliphatic carbocycles. The zero-order valence-electron chi connectivity index (χ0n) is 23.1. The molecule has 10 nitrogen and oxygen atoms in total. The average molecular weight is 631 g/mol. The van der Waals surface area contributed by atoms with E-state index in [4.69, 9.17) is 9.47 Å². The van der Waals surface area contributed by atoms with Crippen molar-refractivity contribution >= 4 is 21.6 Å². The van der Waals surface area contributed by atoms with E-state index in [-0.39, 0.29) is 24.0 Å². The lowest BCUT2D eigenvalue weighted by Gasteiger charge is -2.26. The van der Waals surface area contributed by atoms with E-state index in [1.54, 1.807) is 37.3 Å². The summed E-state index contributed by atoms with van der Waals surface area (Å²) in [7, 11) is -4.69. The van der Waals surface area contributed by atoms with Gasteiger partial charge in [-0.2, -0.15) is 0 Å². The van der Waals surface area contributed by atoms with Crippen molar-refractivity contribution in [3.05, 3.63) is 65.7 Å². The molecule has 43 heavy (non-hydrogen) atoms. The minimum absolute atomic E-state index is 0. The van der Waals surface area contributed by atoms with E-state index in [0.29, 0.717) is 41.2 Å². The van der Waals surface area contributed by atoms with Crippen LogP contribution < -0.4 is 24.2 Å². The normalized spacial score (nSPS) is 15.7. The van der Waals surface area contributed by atoms with E-state index in [1.165, 1.54) is 13.0 Å². The summed E-state index contributed by atoms with van der Waals surface area (Å²) in [5, 5.41) is 21.9. The second-order valence-corrected chi connectivity index (χ2v) is 12.5. The van der Waals surface area contributed by atoms with Gasteiger partial charge in [-0.05, 0) is 85.3 Å². The summed E-state index contributed by atoms with van der Waals surface area (Å²) in [6.45, 7) is 1.37. The topological polar surface area (TPSA) is 143 Å². The number of rotatable bonds is 10. The number of aliphatic hydroxyl groups excluding tert-OH is 2. The van der Waals surface area contributed by atoms with E-state index >= 15 is 0 Å². The molecular weight excluding hydrogens is 593 g/mol. The molecule has 0 atom stereocenters. The third-order valence-electron chi connectivity index (χ3n) is 7.45. The van der Waals surface area contributed by atoms with E-state index in [9.17, 15) is 36.6 Å². The fourth-order valence-corrected chi connectivity index (χ4v) is 6.32. The van der Waals surface area contributed by atoms with Crippen molar-refractivity contribution in [3.8, 4) is 28.4 Å². The summed E-state index contributed by atoms with van der Waals surface area (Å²) >= 11 is 0. The van der Waals surface area contributed by atoms with Crippen LogP contribution in [0.15, 0.2) is 59.5 Å². The molecular formula is C29H37F3N2O8S. The Balaban J connectivity index is 0.00000276. The highest BCUT2D eigenvalue weighted by Gasteiger charge is 2.51. The Labute approximate surface area is 251 Å². The number of ether oxygens (including phenoxy) is 3. The molecule has 0 bridgehead atoms. The highest BCUT2D eigenvalue weighted by atomic mass is 32.2. The van der Waals surface area contributed by atoms with Gasteiger partial charge in [0.15, 0.2) is 11.5 Å². The summed E-state index contributed by atoms with van der Waals surface area (Å²) < 4.78 is 83.0. The minimum atomic E-state index is -5.22. The third kappa shape index (κ3) is 6.27. The first-order valence-corrected chi connectivity index (χ1v) is 14.7. The molecule has 2 aliphatic rings. The number of aryl methyl sites for hydroxylation is 1. The van der Waals surface area contributed by atoms with Crippen LogP contribution in [-0.2, 0) is 20.2 Å². The molecule has 1 fully saturated rings. The number of aliphatic hydroxyl groups is 2. The number of nitrogens with one attached hydrogen (secondary N) is 2. The van der Waals surface area contributed by atoms with Gasteiger partial charge in [0, 0.05) is 11.4 Å². The van der Waals surface area contributed by atoms with Gasteiger partial charge >= 0.3 is 6.36 Å². The molecule has 3 aromatic carbocycles. The molecule has 1 aliphatic heterocycles. The molecule has 0 saturated heterocycles. The van der Waals surface area contributed by atoms with Crippen LogP contribution in [0.1, 0.15) is 36.6 Å². The molecule has 1 heterocycles. The van der Waals surface area contributed by atoms with Gasteiger partial charge in [-0.15, -0.1) is 13.2 Å². The Morgan fingerprint density at radius 2 is 1.72 bits per heavy atom. The summed E-state index contributed by atoms with van der Waals surface area (Å²) in [6.07, 6.45) is -3.99. The van der Waals surface area contributed by atoms with Crippen LogP contribution in [0.5, 0.6) is 17.2 Å². The first kappa shape index (κ1) is 30.6. The molecule has 3 aromatic rings. The molecule has 1 amide bonds. The lowest BCUT2D eigenvalue weighted by Crippen LogP contribution is -2.51. The fourth-order valence-electron chi connectivity index (χ4n) is 4.82. The zero-order valence-corrected chi connectivity index (χ0v) is 23.9. The van der Waals surface area contributed by atoms with E-state index in [0.717, 1.165) is 17.7 Å². The number of alkyl halides is 3. The number of carbonyl (C=O) groups is 1. The monoisotopic (exact) mass is 630 g/mol. The van der Waals surface area contributed by atoms with Gasteiger partial charge in [0.2, 0.25) is 22.7 Å². The van der Waals surface area contributed by atoms with Gasteiger partial charge in [0.25, 0.3) is 0 Å². The molecule has 0 radical (unpaired) electrons. The van der Waals surface area contributed by atoms with Gasteiger partial charge in [-0.1, -0.05) is 18.2 Å². The van der Waals surface area contributed by atoms with Crippen molar-refractivity contribution in [2.45, 2.75) is 48.9 Å². The van der Waals surface area contributed by atoms with E-state index < -0.39 is 51.2 Å². The van der Waals surface area contributed by atoms with Gasteiger partial charge in [-0.3, -0.25) is 4.79 Å². The van der Waals surface area contributed by atoms with Crippen molar-refractivity contribution in [1.29, 1.82) is 0 Å². The van der Waals surface area contributed by atoms with Crippen LogP contribution in [0.25, 0.3) is 11.1 Å². The molecule has 4 N–H and O–H groups in total. The second kappa shape index (κ2) is 11.0. The quantitative estimate of drug-likeness (QED) is 0.246. The maximum absolute atomic E-state index is 13.4. The Kier molecular flexibility index (Phi) is 7.84. The van der Waals surface area contributed by atoms with Crippen LogP contribution in [0.4, 0.5) is 18.9 Å². The van der Waals surface area contributed by atoms with Crippen LogP contribution in [0.3, 0.4) is 0 Å². The summed E-state index contributed by atoms with van der Waals surface area (Å²) in [6, 6.07) is 13.4. The van der Waals surface area contributed by atoms with Gasteiger partial charge in [0.1, 0.15) is 10.6 Å². The Hall–Kier alpha value is -3.85. The Morgan fingerprint density at radius 1 is 1.02 bits per heavy atom. The Morgan fingerprint density at radius 3 is 2.37 bits per heavy atom. The summed E-state index contributed by atoms with van der Waals surface area (Å²) in [5.41, 5.74) is -0.0955. The van der Waals surface area contributed by atoms with Gasteiger partial charge in [-0.25, -0.2) is 13.1 Å². The predicted octanol–water partition coefficient (Wildman–Crippen LogP) is 4.97. The Bertz CT molecular complexity index is 1690. The number of hydrogen-bond acceptors (Lipinski definition) is 8. The number of sulfonamides is 1. The smallest absolute Gasteiger partial charge is 0.454 e.